The van der Waals surface area contributed by atoms with E-state index in [0.717, 1.165) is 35.1 Å². The first kappa shape index (κ1) is 26.3. The first-order chi connectivity index (χ1) is 17.8. The summed E-state index contributed by atoms with van der Waals surface area (Å²) in [5, 5.41) is 10.8. The lowest BCUT2D eigenvalue weighted by molar-refractivity contribution is 0.406. The van der Waals surface area contributed by atoms with E-state index >= 15 is 0 Å². The van der Waals surface area contributed by atoms with Crippen LogP contribution >= 0.6 is 0 Å². The van der Waals surface area contributed by atoms with Gasteiger partial charge in [-0.2, -0.15) is 4.98 Å². The first-order valence-electron chi connectivity index (χ1n) is 12.4. The number of rotatable bonds is 9. The van der Waals surface area contributed by atoms with Crippen LogP contribution in [0.1, 0.15) is 56.1 Å². The van der Waals surface area contributed by atoms with Gasteiger partial charge in [-0.05, 0) is 54.7 Å². The Morgan fingerprint density at radius 2 is 1.68 bits per heavy atom. The second kappa shape index (κ2) is 11.1. The molecule has 2 heterocycles. The Labute approximate surface area is 217 Å². The van der Waals surface area contributed by atoms with Gasteiger partial charge in [0.25, 0.3) is 5.56 Å². The highest BCUT2D eigenvalue weighted by Gasteiger charge is 2.31. The van der Waals surface area contributed by atoms with Crippen LogP contribution in [0.15, 0.2) is 87.6 Å². The highest BCUT2D eigenvalue weighted by atomic mass is 32.2. The van der Waals surface area contributed by atoms with E-state index in [9.17, 15) is 18.3 Å². The molecule has 0 aliphatic heterocycles. The summed E-state index contributed by atoms with van der Waals surface area (Å²) in [6, 6.07) is 17.2. The normalized spacial score (nSPS) is 12.4. The van der Waals surface area contributed by atoms with Crippen LogP contribution in [0.5, 0.6) is 5.88 Å². The van der Waals surface area contributed by atoms with Crippen LogP contribution in [0, 0.1) is 6.92 Å². The van der Waals surface area contributed by atoms with Crippen molar-refractivity contribution < 1.29 is 13.5 Å². The fraction of sp³-hybridized carbons (Fsp3) is 0.276. The van der Waals surface area contributed by atoms with Crippen LogP contribution in [0.25, 0.3) is 11.1 Å². The van der Waals surface area contributed by atoms with Crippen molar-refractivity contribution >= 4 is 9.84 Å². The zero-order valence-electron chi connectivity index (χ0n) is 21.3. The van der Waals surface area contributed by atoms with Crippen molar-refractivity contribution in [3.8, 4) is 17.0 Å². The molecule has 7 nitrogen and oxygen atoms in total. The van der Waals surface area contributed by atoms with Gasteiger partial charge in [0.2, 0.25) is 15.7 Å². The molecule has 0 amide bonds. The molecule has 0 saturated heterocycles. The lowest BCUT2D eigenvalue weighted by atomic mass is 10.0. The Hall–Kier alpha value is -3.78. The molecule has 2 aromatic heterocycles. The standard InChI is InChI=1S/C29H31N3O4S/c1-4-6-12-26-31-28(33)27(29(34)32(26)25(5-2)22-10-8-7-9-11-22)37(35,36)24-15-13-21(14-16-24)23-17-20(3)18-30-19-23/h7-11,13-19,25,33H,4-6,12H2,1-3H3. The van der Waals surface area contributed by atoms with Crippen LogP contribution in [0.4, 0.5) is 0 Å². The monoisotopic (exact) mass is 517 g/mol. The predicted molar refractivity (Wildman–Crippen MR) is 144 cm³/mol. The third-order valence-corrected chi connectivity index (χ3v) is 8.19. The summed E-state index contributed by atoms with van der Waals surface area (Å²) >= 11 is 0. The number of aromatic hydroxyl groups is 1. The summed E-state index contributed by atoms with van der Waals surface area (Å²) in [5.74, 6) is -0.386. The molecular formula is C29H31N3O4S. The number of hydrogen-bond donors (Lipinski definition) is 1. The molecule has 0 spiro atoms. The molecule has 0 aliphatic rings. The Morgan fingerprint density at radius 3 is 2.30 bits per heavy atom. The van der Waals surface area contributed by atoms with E-state index in [-0.39, 0.29) is 4.90 Å². The number of aryl methyl sites for hydroxylation is 2. The Kier molecular flexibility index (Phi) is 7.88. The van der Waals surface area contributed by atoms with E-state index < -0.39 is 32.2 Å². The third kappa shape index (κ3) is 5.34. The molecule has 0 aliphatic carbocycles. The highest BCUT2D eigenvalue weighted by Crippen LogP contribution is 2.30. The number of nitrogens with zero attached hydrogens (tertiary/aromatic N) is 3. The minimum Gasteiger partial charge on any atom is -0.492 e. The zero-order valence-corrected chi connectivity index (χ0v) is 22.1. The summed E-state index contributed by atoms with van der Waals surface area (Å²) in [4.78, 5) is 21.5. The number of sulfone groups is 1. The average molecular weight is 518 g/mol. The zero-order chi connectivity index (χ0) is 26.6. The minimum atomic E-state index is -4.35. The van der Waals surface area contributed by atoms with Gasteiger partial charge in [0, 0.05) is 24.4 Å². The van der Waals surface area contributed by atoms with E-state index in [1.54, 1.807) is 24.5 Å². The predicted octanol–water partition coefficient (Wildman–Crippen LogP) is 5.49. The molecule has 0 bridgehead atoms. The van der Waals surface area contributed by atoms with Crippen molar-refractivity contribution in [3.05, 3.63) is 100 Å². The number of hydrogen-bond acceptors (Lipinski definition) is 6. The van der Waals surface area contributed by atoms with Crippen LogP contribution in [0.3, 0.4) is 0 Å². The summed E-state index contributed by atoms with van der Waals surface area (Å²) in [5.41, 5.74) is 2.74. The van der Waals surface area contributed by atoms with Crippen LogP contribution in [0.2, 0.25) is 0 Å². The topological polar surface area (TPSA) is 102 Å². The van der Waals surface area contributed by atoms with Crippen molar-refractivity contribution in [2.75, 3.05) is 0 Å². The van der Waals surface area contributed by atoms with Crippen LogP contribution in [-0.2, 0) is 16.3 Å². The van der Waals surface area contributed by atoms with Gasteiger partial charge in [0.15, 0.2) is 4.90 Å². The van der Waals surface area contributed by atoms with Gasteiger partial charge in [-0.25, -0.2) is 8.42 Å². The number of aromatic nitrogens is 3. The quantitative estimate of drug-likeness (QED) is 0.315. The second-order valence-electron chi connectivity index (χ2n) is 9.07. The summed E-state index contributed by atoms with van der Waals surface area (Å²) < 4.78 is 28.8. The maximum atomic E-state index is 13.9. The van der Waals surface area contributed by atoms with Crippen molar-refractivity contribution in [3.63, 3.8) is 0 Å². The van der Waals surface area contributed by atoms with E-state index in [4.69, 9.17) is 0 Å². The van der Waals surface area contributed by atoms with Crippen molar-refractivity contribution in [2.24, 2.45) is 0 Å². The highest BCUT2D eigenvalue weighted by molar-refractivity contribution is 7.91. The second-order valence-corrected chi connectivity index (χ2v) is 11.0. The molecule has 37 heavy (non-hydrogen) atoms. The number of benzene rings is 2. The van der Waals surface area contributed by atoms with E-state index in [2.05, 4.69) is 9.97 Å². The maximum absolute atomic E-state index is 13.9. The van der Waals surface area contributed by atoms with E-state index in [1.807, 2.05) is 57.2 Å². The molecule has 192 valence electrons. The minimum absolute atomic E-state index is 0.0910. The number of pyridine rings is 1. The molecule has 4 aromatic rings. The SMILES string of the molecule is CCCCc1nc(O)c(S(=O)(=O)c2ccc(-c3cncc(C)c3)cc2)c(=O)n1C(CC)c1ccccc1. The van der Waals surface area contributed by atoms with Gasteiger partial charge < -0.3 is 5.11 Å². The van der Waals surface area contributed by atoms with Crippen LogP contribution < -0.4 is 5.56 Å². The van der Waals surface area contributed by atoms with Crippen molar-refractivity contribution in [1.29, 1.82) is 0 Å². The van der Waals surface area contributed by atoms with Crippen molar-refractivity contribution in [2.45, 2.75) is 62.3 Å². The summed E-state index contributed by atoms with van der Waals surface area (Å²) in [6.45, 7) is 5.89. The Morgan fingerprint density at radius 1 is 0.973 bits per heavy atom. The maximum Gasteiger partial charge on any atom is 0.277 e. The summed E-state index contributed by atoms with van der Waals surface area (Å²) in [6.07, 6.45) is 6.05. The molecule has 4 rings (SSSR count). The summed E-state index contributed by atoms with van der Waals surface area (Å²) in [7, 11) is -4.35. The molecule has 2 aromatic carbocycles. The fourth-order valence-electron chi connectivity index (χ4n) is 4.52. The molecule has 1 atom stereocenters. The van der Waals surface area contributed by atoms with Gasteiger partial charge in [-0.1, -0.05) is 62.7 Å². The smallest absolute Gasteiger partial charge is 0.277 e. The Bertz CT molecular complexity index is 1550. The van der Waals surface area contributed by atoms with Gasteiger partial charge >= 0.3 is 0 Å². The lowest BCUT2D eigenvalue weighted by Gasteiger charge is -2.23. The number of unbranched alkanes of at least 4 members (excludes halogenated alkanes) is 1. The van der Waals surface area contributed by atoms with Gasteiger partial charge in [0.1, 0.15) is 5.82 Å². The largest absolute Gasteiger partial charge is 0.492 e. The molecule has 1 N–H and O–H groups in total. The Balaban J connectivity index is 1.85. The third-order valence-electron chi connectivity index (χ3n) is 6.41. The van der Waals surface area contributed by atoms with Gasteiger partial charge in [-0.3, -0.25) is 14.3 Å². The van der Waals surface area contributed by atoms with E-state index in [0.29, 0.717) is 18.7 Å². The molecular weight excluding hydrogens is 486 g/mol. The molecule has 8 heteroatoms. The molecule has 0 fully saturated rings. The average Bonchev–Trinajstić information content (AvgIpc) is 2.89. The molecule has 0 radical (unpaired) electrons. The van der Waals surface area contributed by atoms with Gasteiger partial charge in [-0.15, -0.1) is 0 Å². The lowest BCUT2D eigenvalue weighted by Crippen LogP contribution is -2.33. The van der Waals surface area contributed by atoms with Crippen molar-refractivity contribution in [1.82, 2.24) is 14.5 Å². The first-order valence-corrected chi connectivity index (χ1v) is 13.9. The fourth-order valence-corrected chi connectivity index (χ4v) is 5.86. The van der Waals surface area contributed by atoms with Gasteiger partial charge in [0.05, 0.1) is 10.9 Å². The van der Waals surface area contributed by atoms with E-state index in [1.165, 1.54) is 16.7 Å². The van der Waals surface area contributed by atoms with Crippen LogP contribution in [-0.4, -0.2) is 28.1 Å². The molecule has 0 saturated carbocycles. The molecule has 1 unspecified atom stereocenters.